The van der Waals surface area contributed by atoms with Gasteiger partial charge in [-0.1, -0.05) is 0 Å². The zero-order valence-electron chi connectivity index (χ0n) is 7.62. The first kappa shape index (κ1) is 12.4. The fraction of sp³-hybridized carbons (Fsp3) is 0.222. The van der Waals surface area contributed by atoms with Crippen LogP contribution < -0.4 is 5.11 Å². The Morgan fingerprint density at radius 1 is 0.875 bits per heavy atom. The van der Waals surface area contributed by atoms with Crippen molar-refractivity contribution in [3.05, 3.63) is 34.6 Å². The maximum atomic E-state index is 12.9. The van der Waals surface area contributed by atoms with Gasteiger partial charge in [-0.25, -0.2) is 22.0 Å². The van der Waals surface area contributed by atoms with Crippen LogP contribution in [-0.2, 0) is 11.2 Å². The van der Waals surface area contributed by atoms with E-state index in [9.17, 15) is 31.9 Å². The van der Waals surface area contributed by atoms with Crippen molar-refractivity contribution in [1.29, 1.82) is 0 Å². The molecule has 1 rings (SSSR count). The van der Waals surface area contributed by atoms with Crippen molar-refractivity contribution < 1.29 is 31.9 Å². The third-order valence-electron chi connectivity index (χ3n) is 1.88. The van der Waals surface area contributed by atoms with Gasteiger partial charge in [-0.05, 0) is 12.8 Å². The van der Waals surface area contributed by atoms with E-state index in [1.807, 2.05) is 0 Å². The zero-order chi connectivity index (χ0) is 12.5. The smallest absolute Gasteiger partial charge is 0.200 e. The molecule has 1 aromatic rings. The van der Waals surface area contributed by atoms with Crippen LogP contribution in [0, 0.1) is 29.1 Å². The van der Waals surface area contributed by atoms with Crippen LogP contribution in [0.1, 0.15) is 12.0 Å². The minimum atomic E-state index is -2.27. The van der Waals surface area contributed by atoms with Gasteiger partial charge in [0, 0.05) is 11.5 Å². The van der Waals surface area contributed by atoms with E-state index >= 15 is 0 Å². The molecule has 1 aromatic carbocycles. The lowest BCUT2D eigenvalue weighted by molar-refractivity contribution is -0.305. The van der Waals surface area contributed by atoms with Gasteiger partial charge in [-0.2, -0.15) is 0 Å². The maximum Gasteiger partial charge on any atom is 0.200 e. The molecule has 0 amide bonds. The summed E-state index contributed by atoms with van der Waals surface area (Å²) in [6.07, 6.45) is -1.66. The second-order valence-corrected chi connectivity index (χ2v) is 2.92. The Balaban J connectivity index is 3.23. The molecule has 0 aliphatic carbocycles. The van der Waals surface area contributed by atoms with Crippen molar-refractivity contribution >= 4 is 5.97 Å². The summed E-state index contributed by atoms with van der Waals surface area (Å²) in [5, 5.41) is 10.0. The Kier molecular flexibility index (Phi) is 3.46. The lowest BCUT2D eigenvalue weighted by Gasteiger charge is -2.08. The predicted octanol–water partition coefficient (Wildman–Crippen LogP) is 1.06. The average Bonchev–Trinajstić information content (AvgIpc) is 2.23. The lowest BCUT2D eigenvalue weighted by Crippen LogP contribution is -2.23. The first-order valence-electron chi connectivity index (χ1n) is 4.06. The first-order valence-corrected chi connectivity index (χ1v) is 4.06. The molecule has 0 fully saturated rings. The van der Waals surface area contributed by atoms with Crippen molar-refractivity contribution in [3.63, 3.8) is 0 Å². The molecule has 0 saturated carbocycles. The highest BCUT2D eigenvalue weighted by atomic mass is 19.2. The molecule has 0 saturated heterocycles. The highest BCUT2D eigenvalue weighted by Gasteiger charge is 2.25. The molecule has 88 valence electrons. The van der Waals surface area contributed by atoms with Gasteiger partial charge in [0.05, 0.1) is 0 Å². The molecule has 0 spiro atoms. The second kappa shape index (κ2) is 4.46. The first-order chi connectivity index (χ1) is 7.36. The normalized spacial score (nSPS) is 10.6. The number of carbonyl (C=O) groups is 1. The second-order valence-electron chi connectivity index (χ2n) is 2.92. The number of carboxylic acids is 1. The Hall–Kier alpha value is -1.66. The molecule has 0 aliphatic rings. The van der Waals surface area contributed by atoms with Crippen LogP contribution in [0.3, 0.4) is 0 Å². The van der Waals surface area contributed by atoms with Crippen LogP contribution in [0.15, 0.2) is 0 Å². The molecule has 0 bridgehead atoms. The van der Waals surface area contributed by atoms with E-state index in [0.717, 1.165) is 0 Å². The van der Waals surface area contributed by atoms with Crippen LogP contribution in [0.2, 0.25) is 0 Å². The van der Waals surface area contributed by atoms with Crippen LogP contribution >= 0.6 is 0 Å². The number of hydrogen-bond acceptors (Lipinski definition) is 2. The van der Waals surface area contributed by atoms with Gasteiger partial charge in [0.15, 0.2) is 23.3 Å². The van der Waals surface area contributed by atoms with Gasteiger partial charge >= 0.3 is 0 Å². The number of halogens is 5. The van der Waals surface area contributed by atoms with E-state index in [-0.39, 0.29) is 0 Å². The Morgan fingerprint density at radius 2 is 1.25 bits per heavy atom. The molecule has 0 heterocycles. The predicted molar refractivity (Wildman–Crippen MR) is 39.6 cm³/mol. The number of rotatable bonds is 3. The third kappa shape index (κ3) is 2.12. The fourth-order valence-electron chi connectivity index (χ4n) is 1.10. The number of hydrogen-bond donors (Lipinski definition) is 0. The van der Waals surface area contributed by atoms with Gasteiger partial charge < -0.3 is 9.90 Å². The van der Waals surface area contributed by atoms with E-state index < -0.39 is 53.5 Å². The third-order valence-corrected chi connectivity index (χ3v) is 1.88. The van der Waals surface area contributed by atoms with E-state index in [4.69, 9.17) is 0 Å². The standard InChI is InChI=1S/C9H5F5O2/c10-5-3(1-2-4(15)16)6(11)8(13)9(14)7(5)12/h1-2H2,(H,15,16)/p-1. The minimum absolute atomic E-state index is 0.825. The Labute approximate surface area is 86.3 Å². The van der Waals surface area contributed by atoms with Crippen LogP contribution in [-0.4, -0.2) is 5.97 Å². The SMILES string of the molecule is O=C([O-])CCc1c(F)c(F)c(F)c(F)c1F. The molecule has 2 nitrogen and oxygen atoms in total. The number of benzene rings is 1. The molecule has 7 heteroatoms. The van der Waals surface area contributed by atoms with Crippen molar-refractivity contribution in [2.75, 3.05) is 0 Å². The van der Waals surface area contributed by atoms with Crippen molar-refractivity contribution in [2.24, 2.45) is 0 Å². The molecule has 0 aromatic heterocycles. The fourth-order valence-corrected chi connectivity index (χ4v) is 1.10. The van der Waals surface area contributed by atoms with Crippen molar-refractivity contribution in [1.82, 2.24) is 0 Å². The maximum absolute atomic E-state index is 12.9. The topological polar surface area (TPSA) is 40.1 Å². The summed E-state index contributed by atoms with van der Waals surface area (Å²) in [7, 11) is 0. The Bertz CT molecular complexity index is 415. The molecule has 0 radical (unpaired) electrons. The summed E-state index contributed by atoms with van der Waals surface area (Å²) < 4.78 is 63.6. The largest absolute Gasteiger partial charge is 0.550 e. The monoisotopic (exact) mass is 239 g/mol. The number of carbonyl (C=O) groups excluding carboxylic acids is 1. The summed E-state index contributed by atoms with van der Waals surface area (Å²) in [4.78, 5) is 10.0. The van der Waals surface area contributed by atoms with Crippen LogP contribution in [0.5, 0.6) is 0 Å². The molecule has 16 heavy (non-hydrogen) atoms. The van der Waals surface area contributed by atoms with Crippen LogP contribution in [0.4, 0.5) is 22.0 Å². The average molecular weight is 239 g/mol. The van der Waals surface area contributed by atoms with Gasteiger partial charge in [-0.15, -0.1) is 0 Å². The van der Waals surface area contributed by atoms with E-state index in [1.54, 1.807) is 0 Å². The van der Waals surface area contributed by atoms with Gasteiger partial charge in [-0.3, -0.25) is 0 Å². The van der Waals surface area contributed by atoms with E-state index in [0.29, 0.717) is 0 Å². The van der Waals surface area contributed by atoms with Crippen molar-refractivity contribution in [3.8, 4) is 0 Å². The van der Waals surface area contributed by atoms with Crippen LogP contribution in [0.25, 0.3) is 0 Å². The minimum Gasteiger partial charge on any atom is -0.550 e. The Morgan fingerprint density at radius 3 is 1.62 bits per heavy atom. The quantitative estimate of drug-likeness (QED) is 0.449. The summed E-state index contributed by atoms with van der Waals surface area (Å²) in [6.45, 7) is 0. The summed E-state index contributed by atoms with van der Waals surface area (Å²) >= 11 is 0. The lowest BCUT2D eigenvalue weighted by atomic mass is 10.1. The van der Waals surface area contributed by atoms with Crippen molar-refractivity contribution in [2.45, 2.75) is 12.8 Å². The van der Waals surface area contributed by atoms with Gasteiger partial charge in [0.25, 0.3) is 0 Å². The molecular weight excluding hydrogens is 235 g/mol. The molecule has 0 N–H and O–H groups in total. The summed E-state index contributed by atoms with van der Waals surface area (Å²) in [5.74, 6) is -12.1. The highest BCUT2D eigenvalue weighted by Crippen LogP contribution is 2.23. The van der Waals surface area contributed by atoms with Gasteiger partial charge in [0.1, 0.15) is 0 Å². The molecule has 0 aliphatic heterocycles. The number of aliphatic carboxylic acids is 1. The molecule has 0 unspecified atom stereocenters. The number of carboxylic acid groups (broad SMARTS) is 1. The highest BCUT2D eigenvalue weighted by molar-refractivity contribution is 5.64. The van der Waals surface area contributed by atoms with Gasteiger partial charge in [0.2, 0.25) is 5.82 Å². The molecular formula is C9H4F5O2-. The van der Waals surface area contributed by atoms with E-state index in [2.05, 4.69) is 0 Å². The summed E-state index contributed by atoms with van der Waals surface area (Å²) in [5.41, 5.74) is -1.15. The zero-order valence-corrected chi connectivity index (χ0v) is 7.62. The van der Waals surface area contributed by atoms with E-state index in [1.165, 1.54) is 0 Å². The summed E-state index contributed by atoms with van der Waals surface area (Å²) in [6, 6.07) is 0. The molecule has 0 atom stereocenters.